The minimum Gasteiger partial charge on any atom is -0.386 e. The second-order valence-corrected chi connectivity index (χ2v) is 5.76. The average molecular weight is 271 g/mol. The maximum atomic E-state index is 10.2. The molecule has 0 aliphatic carbocycles. The van der Waals surface area contributed by atoms with E-state index in [2.05, 4.69) is 12.0 Å². The summed E-state index contributed by atoms with van der Waals surface area (Å²) in [6.45, 7) is 2.05. The van der Waals surface area contributed by atoms with Crippen molar-refractivity contribution in [2.24, 2.45) is 7.05 Å². The Labute approximate surface area is 110 Å². The molecule has 1 unspecified atom stereocenters. The van der Waals surface area contributed by atoms with Gasteiger partial charge >= 0.3 is 0 Å². The maximum Gasteiger partial charge on any atom is 0.100 e. The van der Waals surface area contributed by atoms with Gasteiger partial charge in [-0.15, -0.1) is 11.3 Å². The highest BCUT2D eigenvalue weighted by Gasteiger charge is 2.15. The quantitative estimate of drug-likeness (QED) is 0.928. The average Bonchev–Trinajstić information content (AvgIpc) is 2.85. The zero-order valence-electron chi connectivity index (χ0n) is 9.85. The Kier molecular flexibility index (Phi) is 3.86. The maximum absolute atomic E-state index is 10.2. The number of halogens is 1. The zero-order chi connectivity index (χ0) is 12.4. The first kappa shape index (κ1) is 12.6. The lowest BCUT2D eigenvalue weighted by atomic mass is 10.1. The molecule has 0 radical (unpaired) electrons. The molecule has 17 heavy (non-hydrogen) atoms. The van der Waals surface area contributed by atoms with Crippen molar-refractivity contribution in [3.05, 3.63) is 38.8 Å². The molecular formula is C12H15ClN2OS. The number of aryl methyl sites for hydroxylation is 2. The van der Waals surface area contributed by atoms with E-state index in [9.17, 15) is 5.11 Å². The number of hydrogen-bond acceptors (Lipinski definition) is 3. The lowest BCUT2D eigenvalue weighted by molar-refractivity contribution is 0.169. The van der Waals surface area contributed by atoms with Crippen molar-refractivity contribution in [1.29, 1.82) is 0 Å². The first-order valence-corrected chi connectivity index (χ1v) is 6.74. The molecule has 2 rings (SSSR count). The van der Waals surface area contributed by atoms with Crippen molar-refractivity contribution in [3.63, 3.8) is 0 Å². The van der Waals surface area contributed by atoms with E-state index in [1.807, 2.05) is 25.2 Å². The summed E-state index contributed by atoms with van der Waals surface area (Å²) in [7, 11) is 1.86. The highest BCUT2D eigenvalue weighted by Crippen LogP contribution is 2.26. The smallest absolute Gasteiger partial charge is 0.100 e. The molecular weight excluding hydrogens is 256 g/mol. The van der Waals surface area contributed by atoms with Crippen molar-refractivity contribution in [2.75, 3.05) is 0 Å². The van der Waals surface area contributed by atoms with E-state index in [0.29, 0.717) is 6.42 Å². The van der Waals surface area contributed by atoms with Gasteiger partial charge in [-0.2, -0.15) is 5.10 Å². The third kappa shape index (κ3) is 2.89. The van der Waals surface area contributed by atoms with Gasteiger partial charge in [0.1, 0.15) is 6.10 Å². The van der Waals surface area contributed by atoms with Gasteiger partial charge in [-0.3, -0.25) is 4.68 Å². The van der Waals surface area contributed by atoms with Crippen LogP contribution in [0.25, 0.3) is 0 Å². The van der Waals surface area contributed by atoms with E-state index in [4.69, 9.17) is 11.6 Å². The van der Waals surface area contributed by atoms with Crippen LogP contribution in [0.3, 0.4) is 0 Å². The molecule has 0 aliphatic rings. The molecule has 0 fully saturated rings. The van der Waals surface area contributed by atoms with Crippen LogP contribution in [0.2, 0.25) is 4.34 Å². The van der Waals surface area contributed by atoms with Gasteiger partial charge in [0.25, 0.3) is 0 Å². The molecule has 3 nitrogen and oxygen atoms in total. The van der Waals surface area contributed by atoms with Crippen LogP contribution in [0.1, 0.15) is 29.3 Å². The van der Waals surface area contributed by atoms with Gasteiger partial charge in [0, 0.05) is 18.3 Å². The summed E-state index contributed by atoms with van der Waals surface area (Å²) in [5.74, 6) is 0. The van der Waals surface area contributed by atoms with Crippen LogP contribution in [0.4, 0.5) is 0 Å². The number of nitrogens with zero attached hydrogens (tertiary/aromatic N) is 2. The number of aliphatic hydroxyl groups excluding tert-OH is 1. The highest BCUT2D eigenvalue weighted by atomic mass is 35.5. The molecule has 0 spiro atoms. The van der Waals surface area contributed by atoms with Crippen LogP contribution >= 0.6 is 22.9 Å². The molecule has 2 heterocycles. The molecule has 0 aromatic carbocycles. The second kappa shape index (κ2) is 5.21. The number of aromatic nitrogens is 2. The van der Waals surface area contributed by atoms with E-state index >= 15 is 0 Å². The van der Waals surface area contributed by atoms with E-state index in [1.54, 1.807) is 4.68 Å². The van der Waals surface area contributed by atoms with E-state index in [-0.39, 0.29) is 0 Å². The Hall–Kier alpha value is -0.840. The third-order valence-corrected chi connectivity index (χ3v) is 3.95. The number of hydrogen-bond donors (Lipinski definition) is 1. The van der Waals surface area contributed by atoms with Gasteiger partial charge in [-0.05, 0) is 24.6 Å². The first-order chi connectivity index (χ1) is 8.10. The fourth-order valence-electron chi connectivity index (χ4n) is 1.78. The van der Waals surface area contributed by atoms with Gasteiger partial charge in [-0.1, -0.05) is 18.5 Å². The van der Waals surface area contributed by atoms with E-state index in [1.165, 1.54) is 11.3 Å². The summed E-state index contributed by atoms with van der Waals surface area (Å²) in [5, 5.41) is 14.5. The fraction of sp³-hybridized carbons (Fsp3) is 0.417. The second-order valence-electron chi connectivity index (χ2n) is 3.96. The topological polar surface area (TPSA) is 38.0 Å². The molecule has 0 saturated heterocycles. The number of thiophene rings is 1. The molecule has 92 valence electrons. The summed E-state index contributed by atoms with van der Waals surface area (Å²) in [6.07, 6.45) is 0.938. The van der Waals surface area contributed by atoms with Gasteiger partial charge in [0.2, 0.25) is 0 Å². The number of rotatable bonds is 4. The van der Waals surface area contributed by atoms with Crippen molar-refractivity contribution in [2.45, 2.75) is 25.9 Å². The SMILES string of the molecule is CCc1cc(C(O)Cc2ccc(Cl)s2)n(C)n1. The monoisotopic (exact) mass is 270 g/mol. The predicted octanol–water partition coefficient (Wildman–Crippen LogP) is 2.97. The lowest BCUT2D eigenvalue weighted by Gasteiger charge is -2.09. The Morgan fingerprint density at radius 3 is 2.82 bits per heavy atom. The van der Waals surface area contributed by atoms with Crippen LogP contribution in [-0.4, -0.2) is 14.9 Å². The van der Waals surface area contributed by atoms with Crippen molar-refractivity contribution in [1.82, 2.24) is 9.78 Å². The van der Waals surface area contributed by atoms with Gasteiger partial charge < -0.3 is 5.11 Å². The minimum absolute atomic E-state index is 0.525. The summed E-state index contributed by atoms with van der Waals surface area (Å²) in [6, 6.07) is 5.77. The summed E-state index contributed by atoms with van der Waals surface area (Å²) in [5.41, 5.74) is 1.86. The van der Waals surface area contributed by atoms with E-state index in [0.717, 1.165) is 27.0 Å². The predicted molar refractivity (Wildman–Crippen MR) is 70.6 cm³/mol. The zero-order valence-corrected chi connectivity index (χ0v) is 11.4. The van der Waals surface area contributed by atoms with Crippen molar-refractivity contribution >= 4 is 22.9 Å². The van der Waals surface area contributed by atoms with Crippen LogP contribution in [0.15, 0.2) is 18.2 Å². The molecule has 0 bridgehead atoms. The summed E-state index contributed by atoms with van der Waals surface area (Å²) >= 11 is 7.37. The molecule has 2 aromatic heterocycles. The molecule has 1 atom stereocenters. The van der Waals surface area contributed by atoms with Crippen molar-refractivity contribution < 1.29 is 5.11 Å². The van der Waals surface area contributed by atoms with Gasteiger partial charge in [0.05, 0.1) is 15.7 Å². The van der Waals surface area contributed by atoms with Crippen molar-refractivity contribution in [3.8, 4) is 0 Å². The summed E-state index contributed by atoms with van der Waals surface area (Å²) in [4.78, 5) is 1.08. The van der Waals surface area contributed by atoms with E-state index < -0.39 is 6.10 Å². The largest absolute Gasteiger partial charge is 0.386 e. The standard InChI is InChI=1S/C12H15ClN2OS/c1-3-8-6-10(15(2)14-8)11(16)7-9-4-5-12(13)17-9/h4-6,11,16H,3,7H2,1-2H3. The normalized spacial score (nSPS) is 12.9. The first-order valence-electron chi connectivity index (χ1n) is 5.55. The van der Waals surface area contributed by atoms with Gasteiger partial charge in [0.15, 0.2) is 0 Å². The molecule has 2 aromatic rings. The van der Waals surface area contributed by atoms with Gasteiger partial charge in [-0.25, -0.2) is 0 Å². The third-order valence-electron chi connectivity index (χ3n) is 2.69. The fourth-order valence-corrected chi connectivity index (χ4v) is 2.91. The highest BCUT2D eigenvalue weighted by molar-refractivity contribution is 7.16. The molecule has 5 heteroatoms. The minimum atomic E-state index is -0.525. The van der Waals surface area contributed by atoms with Crippen LogP contribution in [0, 0.1) is 0 Å². The summed E-state index contributed by atoms with van der Waals surface area (Å²) < 4.78 is 2.50. The van der Waals surface area contributed by atoms with Crippen LogP contribution in [-0.2, 0) is 19.9 Å². The number of aliphatic hydroxyl groups is 1. The Bertz CT molecular complexity index is 506. The van der Waals surface area contributed by atoms with Crippen LogP contribution < -0.4 is 0 Å². The van der Waals surface area contributed by atoms with Crippen LogP contribution in [0.5, 0.6) is 0 Å². The molecule has 0 amide bonds. The lowest BCUT2D eigenvalue weighted by Crippen LogP contribution is -2.07. The Morgan fingerprint density at radius 1 is 1.53 bits per heavy atom. The molecule has 1 N–H and O–H groups in total. The molecule has 0 saturated carbocycles. The Morgan fingerprint density at radius 2 is 2.29 bits per heavy atom. The molecule has 0 aliphatic heterocycles. The Balaban J connectivity index is 2.13.